The largest absolute Gasteiger partial charge is 0.497 e. The third-order valence-corrected chi connectivity index (χ3v) is 3.63. The Labute approximate surface area is 124 Å². The van der Waals surface area contributed by atoms with Gasteiger partial charge < -0.3 is 15.2 Å². The SMILES string of the molecule is COc1ccc(OC)c(C(C)(N)c2cccc(Cl)c2)c1. The van der Waals surface area contributed by atoms with Gasteiger partial charge in [0.25, 0.3) is 0 Å². The number of nitrogens with two attached hydrogens (primary N) is 1. The van der Waals surface area contributed by atoms with Crippen molar-refractivity contribution in [2.75, 3.05) is 14.2 Å². The van der Waals surface area contributed by atoms with Gasteiger partial charge in [-0.1, -0.05) is 23.7 Å². The van der Waals surface area contributed by atoms with E-state index in [1.165, 1.54) is 0 Å². The molecular weight excluding hydrogens is 274 g/mol. The highest BCUT2D eigenvalue weighted by atomic mass is 35.5. The summed E-state index contributed by atoms with van der Waals surface area (Å²) in [6.07, 6.45) is 0. The van der Waals surface area contributed by atoms with E-state index in [0.717, 1.165) is 22.6 Å². The van der Waals surface area contributed by atoms with Gasteiger partial charge in [0.2, 0.25) is 0 Å². The Balaban J connectivity index is 2.58. The molecule has 0 heterocycles. The minimum atomic E-state index is -0.731. The number of hydrogen-bond acceptors (Lipinski definition) is 3. The third-order valence-electron chi connectivity index (χ3n) is 3.39. The zero-order chi connectivity index (χ0) is 14.8. The number of halogens is 1. The minimum absolute atomic E-state index is 0.654. The number of ether oxygens (including phenoxy) is 2. The van der Waals surface area contributed by atoms with Crippen LogP contribution in [-0.4, -0.2) is 14.2 Å². The first kappa shape index (κ1) is 14.7. The molecule has 0 aliphatic heterocycles. The van der Waals surface area contributed by atoms with E-state index in [0.29, 0.717) is 5.02 Å². The summed E-state index contributed by atoms with van der Waals surface area (Å²) in [6.45, 7) is 1.93. The van der Waals surface area contributed by atoms with Gasteiger partial charge in [0, 0.05) is 10.6 Å². The van der Waals surface area contributed by atoms with Crippen molar-refractivity contribution in [3.63, 3.8) is 0 Å². The Morgan fingerprint density at radius 1 is 1.05 bits per heavy atom. The predicted molar refractivity (Wildman–Crippen MR) is 81.6 cm³/mol. The van der Waals surface area contributed by atoms with E-state index in [4.69, 9.17) is 26.8 Å². The zero-order valence-electron chi connectivity index (χ0n) is 11.8. The van der Waals surface area contributed by atoms with Crippen molar-refractivity contribution in [1.82, 2.24) is 0 Å². The van der Waals surface area contributed by atoms with Crippen LogP contribution in [0.4, 0.5) is 0 Å². The Bertz CT molecular complexity index is 611. The lowest BCUT2D eigenvalue weighted by Crippen LogP contribution is -2.34. The van der Waals surface area contributed by atoms with Crippen molar-refractivity contribution in [2.45, 2.75) is 12.5 Å². The van der Waals surface area contributed by atoms with E-state index in [9.17, 15) is 0 Å². The maximum absolute atomic E-state index is 6.53. The molecule has 0 aliphatic carbocycles. The first-order valence-corrected chi connectivity index (χ1v) is 6.64. The second-order valence-electron chi connectivity index (χ2n) is 4.78. The molecule has 2 rings (SSSR count). The van der Waals surface area contributed by atoms with E-state index in [2.05, 4.69) is 0 Å². The maximum Gasteiger partial charge on any atom is 0.124 e. The Hall–Kier alpha value is -1.71. The molecule has 0 aromatic heterocycles. The first-order chi connectivity index (χ1) is 9.48. The van der Waals surface area contributed by atoms with Crippen molar-refractivity contribution >= 4 is 11.6 Å². The van der Waals surface area contributed by atoms with Gasteiger partial charge in [0.15, 0.2) is 0 Å². The second kappa shape index (κ2) is 5.73. The van der Waals surface area contributed by atoms with Gasteiger partial charge >= 0.3 is 0 Å². The molecule has 2 aromatic rings. The summed E-state index contributed by atoms with van der Waals surface area (Å²) in [6, 6.07) is 13.1. The lowest BCUT2D eigenvalue weighted by atomic mass is 9.85. The van der Waals surface area contributed by atoms with E-state index < -0.39 is 5.54 Å². The topological polar surface area (TPSA) is 44.5 Å². The van der Waals surface area contributed by atoms with Gasteiger partial charge in [-0.15, -0.1) is 0 Å². The van der Waals surface area contributed by atoms with E-state index >= 15 is 0 Å². The number of benzene rings is 2. The first-order valence-electron chi connectivity index (χ1n) is 6.26. The van der Waals surface area contributed by atoms with Crippen LogP contribution in [0.1, 0.15) is 18.1 Å². The Kier molecular flexibility index (Phi) is 4.21. The van der Waals surface area contributed by atoms with Crippen LogP contribution in [0.3, 0.4) is 0 Å². The smallest absolute Gasteiger partial charge is 0.124 e. The average molecular weight is 292 g/mol. The molecular formula is C16H18ClNO2. The summed E-state index contributed by atoms with van der Waals surface area (Å²) in [5, 5.41) is 0.654. The van der Waals surface area contributed by atoms with E-state index in [1.54, 1.807) is 14.2 Å². The highest BCUT2D eigenvalue weighted by Crippen LogP contribution is 2.36. The van der Waals surface area contributed by atoms with Crippen LogP contribution in [0.25, 0.3) is 0 Å². The number of hydrogen-bond donors (Lipinski definition) is 1. The zero-order valence-corrected chi connectivity index (χ0v) is 12.6. The Morgan fingerprint density at radius 3 is 2.40 bits per heavy atom. The normalized spacial score (nSPS) is 13.7. The summed E-state index contributed by atoms with van der Waals surface area (Å²) in [7, 11) is 3.25. The second-order valence-corrected chi connectivity index (χ2v) is 5.22. The van der Waals surface area contributed by atoms with Gasteiger partial charge in [0.05, 0.1) is 19.8 Å². The van der Waals surface area contributed by atoms with Gasteiger partial charge in [-0.2, -0.15) is 0 Å². The molecule has 0 spiro atoms. The molecule has 0 amide bonds. The van der Waals surface area contributed by atoms with Gasteiger partial charge in [-0.25, -0.2) is 0 Å². The van der Waals surface area contributed by atoms with Gasteiger partial charge in [0.1, 0.15) is 11.5 Å². The van der Waals surface area contributed by atoms with Crippen LogP contribution in [0.2, 0.25) is 5.02 Å². The summed E-state index contributed by atoms with van der Waals surface area (Å²) in [5.74, 6) is 1.45. The summed E-state index contributed by atoms with van der Waals surface area (Å²) in [4.78, 5) is 0. The standard InChI is InChI=1S/C16H18ClNO2/c1-16(18,11-5-4-6-12(17)9-11)14-10-13(19-2)7-8-15(14)20-3/h4-10H,18H2,1-3H3. The number of methoxy groups -OCH3 is 2. The quantitative estimate of drug-likeness (QED) is 0.936. The van der Waals surface area contributed by atoms with Crippen LogP contribution in [0.5, 0.6) is 11.5 Å². The Morgan fingerprint density at radius 2 is 1.80 bits per heavy atom. The highest BCUT2D eigenvalue weighted by Gasteiger charge is 2.28. The molecule has 3 nitrogen and oxygen atoms in total. The monoisotopic (exact) mass is 291 g/mol. The van der Waals surface area contributed by atoms with Crippen molar-refractivity contribution in [2.24, 2.45) is 5.73 Å². The molecule has 2 aromatic carbocycles. The van der Waals surface area contributed by atoms with E-state index in [-0.39, 0.29) is 0 Å². The summed E-state index contributed by atoms with van der Waals surface area (Å²) < 4.78 is 10.7. The van der Waals surface area contributed by atoms with Crippen LogP contribution >= 0.6 is 11.6 Å². The maximum atomic E-state index is 6.53. The van der Waals surface area contributed by atoms with Gasteiger partial charge in [-0.3, -0.25) is 0 Å². The van der Waals surface area contributed by atoms with Crippen molar-refractivity contribution in [3.05, 3.63) is 58.6 Å². The van der Waals surface area contributed by atoms with Crippen molar-refractivity contribution < 1.29 is 9.47 Å². The molecule has 106 valence electrons. The summed E-state index contributed by atoms with van der Waals surface area (Å²) >= 11 is 6.06. The highest BCUT2D eigenvalue weighted by molar-refractivity contribution is 6.30. The minimum Gasteiger partial charge on any atom is -0.497 e. The van der Waals surface area contributed by atoms with Crippen LogP contribution in [-0.2, 0) is 5.54 Å². The molecule has 0 bridgehead atoms. The lowest BCUT2D eigenvalue weighted by molar-refractivity contribution is 0.389. The molecule has 0 saturated heterocycles. The van der Waals surface area contributed by atoms with Crippen molar-refractivity contribution in [3.8, 4) is 11.5 Å². The third kappa shape index (κ3) is 2.74. The molecule has 4 heteroatoms. The van der Waals surface area contributed by atoms with Crippen LogP contribution in [0.15, 0.2) is 42.5 Å². The van der Waals surface area contributed by atoms with Crippen molar-refractivity contribution in [1.29, 1.82) is 0 Å². The molecule has 2 N–H and O–H groups in total. The molecule has 0 saturated carbocycles. The fourth-order valence-electron chi connectivity index (χ4n) is 2.19. The van der Waals surface area contributed by atoms with Gasteiger partial charge in [-0.05, 0) is 42.8 Å². The number of rotatable bonds is 4. The van der Waals surface area contributed by atoms with Crippen LogP contribution < -0.4 is 15.2 Å². The fraction of sp³-hybridized carbons (Fsp3) is 0.250. The lowest BCUT2D eigenvalue weighted by Gasteiger charge is -2.28. The molecule has 20 heavy (non-hydrogen) atoms. The predicted octanol–water partition coefficient (Wildman–Crippen LogP) is 3.58. The fourth-order valence-corrected chi connectivity index (χ4v) is 2.38. The molecule has 0 fully saturated rings. The average Bonchev–Trinajstić information content (AvgIpc) is 2.46. The van der Waals surface area contributed by atoms with E-state index in [1.807, 2.05) is 49.4 Å². The molecule has 1 atom stereocenters. The molecule has 0 radical (unpaired) electrons. The van der Waals surface area contributed by atoms with Crippen LogP contribution in [0, 0.1) is 0 Å². The summed E-state index contributed by atoms with van der Waals surface area (Å²) in [5.41, 5.74) is 7.56. The molecule has 1 unspecified atom stereocenters. The molecule has 0 aliphatic rings.